The summed E-state index contributed by atoms with van der Waals surface area (Å²) in [5.74, 6) is -2.30. The molecule has 1 rings (SSSR count). The lowest BCUT2D eigenvalue weighted by Gasteiger charge is -2.22. The smallest absolute Gasteiger partial charge is 0.387 e. The number of nitrogens with one attached hydrogen (secondary N) is 1. The molecule has 3 nitrogen and oxygen atoms in total. The molecule has 0 aliphatic heterocycles. The third-order valence-electron chi connectivity index (χ3n) is 2.63. The molecule has 21 heavy (non-hydrogen) atoms. The van der Waals surface area contributed by atoms with Crippen molar-refractivity contribution in [1.29, 1.82) is 0 Å². The van der Waals surface area contributed by atoms with Gasteiger partial charge in [-0.25, -0.2) is 4.39 Å². The van der Waals surface area contributed by atoms with Crippen LogP contribution in [0.4, 0.5) is 17.6 Å². The highest BCUT2D eigenvalue weighted by atomic mass is 32.2. The van der Waals surface area contributed by atoms with E-state index in [9.17, 15) is 27.5 Å². The Labute approximate surface area is 123 Å². The topological polar surface area (TPSA) is 49.3 Å². The second-order valence-electron chi connectivity index (χ2n) is 4.78. The van der Waals surface area contributed by atoms with Crippen molar-refractivity contribution in [1.82, 2.24) is 5.32 Å². The van der Waals surface area contributed by atoms with Gasteiger partial charge in [-0.05, 0) is 25.3 Å². The van der Waals surface area contributed by atoms with Crippen molar-refractivity contribution < 1.29 is 27.5 Å². The highest BCUT2D eigenvalue weighted by Crippen LogP contribution is 2.32. The zero-order chi connectivity index (χ0) is 16.3. The van der Waals surface area contributed by atoms with E-state index in [-0.39, 0.29) is 6.54 Å². The lowest BCUT2D eigenvalue weighted by atomic mass is 10.1. The number of hydrogen-bond donors (Lipinski definition) is 2. The summed E-state index contributed by atoms with van der Waals surface area (Å²) in [5.41, 5.74) is -3.43. The summed E-state index contributed by atoms with van der Waals surface area (Å²) in [6.45, 7) is 1.27. The van der Waals surface area contributed by atoms with Gasteiger partial charge in [0.25, 0.3) is 5.91 Å². The highest BCUT2D eigenvalue weighted by Gasteiger charge is 2.35. The summed E-state index contributed by atoms with van der Waals surface area (Å²) in [4.78, 5) is 11.8. The number of rotatable bonds is 5. The predicted molar refractivity (Wildman–Crippen MR) is 72.7 cm³/mol. The van der Waals surface area contributed by atoms with Gasteiger partial charge in [-0.1, -0.05) is 6.07 Å². The second kappa shape index (κ2) is 6.65. The molecule has 1 aromatic carbocycles. The molecule has 0 bridgehead atoms. The normalized spacial score (nSPS) is 14.6. The molecule has 0 aliphatic carbocycles. The number of hydrogen-bond acceptors (Lipinski definition) is 3. The fourth-order valence-corrected chi connectivity index (χ4v) is 2.38. The van der Waals surface area contributed by atoms with Crippen LogP contribution in [0.25, 0.3) is 0 Å². The minimum absolute atomic E-state index is 0.192. The molecular formula is C13H15F4NO2S. The Kier molecular flexibility index (Phi) is 5.63. The van der Waals surface area contributed by atoms with Crippen molar-refractivity contribution in [2.24, 2.45) is 0 Å². The maximum atomic E-state index is 13.7. The lowest BCUT2D eigenvalue weighted by Crippen LogP contribution is -2.42. The van der Waals surface area contributed by atoms with E-state index >= 15 is 0 Å². The molecule has 0 saturated carbocycles. The first-order valence-corrected chi connectivity index (χ1v) is 7.33. The van der Waals surface area contributed by atoms with Gasteiger partial charge in [0.05, 0.1) is 16.7 Å². The number of carbonyl (C=O) groups excluding carboxylic acids is 1. The van der Waals surface area contributed by atoms with E-state index in [1.165, 1.54) is 18.7 Å². The van der Waals surface area contributed by atoms with Gasteiger partial charge < -0.3 is 10.4 Å². The minimum Gasteiger partial charge on any atom is -0.387 e. The fourth-order valence-electron chi connectivity index (χ4n) is 1.65. The van der Waals surface area contributed by atoms with E-state index in [2.05, 4.69) is 5.32 Å². The van der Waals surface area contributed by atoms with Crippen LogP contribution in [0.15, 0.2) is 18.2 Å². The first-order chi connectivity index (χ1) is 9.58. The molecule has 0 heterocycles. The van der Waals surface area contributed by atoms with Crippen LogP contribution in [0.2, 0.25) is 0 Å². The summed E-state index contributed by atoms with van der Waals surface area (Å²) in [6.07, 6.45) is -3.12. The number of thioether (sulfide) groups is 1. The van der Waals surface area contributed by atoms with Crippen LogP contribution >= 0.6 is 11.8 Å². The average Bonchev–Trinajstić information content (AvgIpc) is 2.35. The van der Waals surface area contributed by atoms with E-state index < -0.39 is 34.6 Å². The molecule has 8 heteroatoms. The molecule has 0 spiro atoms. The van der Waals surface area contributed by atoms with Gasteiger partial charge in [0.15, 0.2) is 0 Å². The average molecular weight is 325 g/mol. The molecule has 1 atom stereocenters. The fraction of sp³-hybridized carbons (Fsp3) is 0.462. The Morgan fingerprint density at radius 3 is 2.52 bits per heavy atom. The molecule has 2 N–H and O–H groups in total. The summed E-state index contributed by atoms with van der Waals surface area (Å²) >= 11 is 1.34. The van der Waals surface area contributed by atoms with Gasteiger partial charge >= 0.3 is 6.18 Å². The van der Waals surface area contributed by atoms with Gasteiger partial charge in [-0.15, -0.1) is 0 Å². The molecule has 1 unspecified atom stereocenters. The van der Waals surface area contributed by atoms with Crippen molar-refractivity contribution >= 4 is 17.7 Å². The van der Waals surface area contributed by atoms with Crippen LogP contribution in [-0.2, 0) is 6.18 Å². The van der Waals surface area contributed by atoms with Crippen LogP contribution in [0.3, 0.4) is 0 Å². The summed E-state index contributed by atoms with van der Waals surface area (Å²) in [6, 6.07) is 2.49. The molecule has 0 fully saturated rings. The largest absolute Gasteiger partial charge is 0.419 e. The molecule has 1 amide bonds. The molecular weight excluding hydrogens is 310 g/mol. The predicted octanol–water partition coefficient (Wildman–Crippen LogP) is 2.69. The van der Waals surface area contributed by atoms with E-state index in [0.29, 0.717) is 11.8 Å². The van der Waals surface area contributed by atoms with Gasteiger partial charge in [-0.3, -0.25) is 4.79 Å². The van der Waals surface area contributed by atoms with Crippen LogP contribution in [0, 0.1) is 5.82 Å². The molecule has 1 aromatic rings. The van der Waals surface area contributed by atoms with E-state index in [0.717, 1.165) is 12.1 Å². The van der Waals surface area contributed by atoms with Crippen molar-refractivity contribution in [3.8, 4) is 0 Å². The SMILES string of the molecule is CSCC(C)(O)CNC(=O)c1cccc(C(F)(F)F)c1F. The molecule has 0 saturated heterocycles. The Hall–Kier alpha value is -1.28. The van der Waals surface area contributed by atoms with Crippen LogP contribution in [-0.4, -0.2) is 35.2 Å². The molecule has 0 aromatic heterocycles. The summed E-state index contributed by atoms with van der Waals surface area (Å²) in [5, 5.41) is 12.1. The third-order valence-corrected chi connectivity index (χ3v) is 3.54. The van der Waals surface area contributed by atoms with Gasteiger partial charge in [0.1, 0.15) is 5.82 Å². The van der Waals surface area contributed by atoms with Crippen LogP contribution in [0.5, 0.6) is 0 Å². The Morgan fingerprint density at radius 2 is 2.00 bits per heavy atom. The first-order valence-electron chi connectivity index (χ1n) is 5.94. The quantitative estimate of drug-likeness (QED) is 0.819. The number of benzene rings is 1. The summed E-state index contributed by atoms with van der Waals surface area (Å²) in [7, 11) is 0. The first kappa shape index (κ1) is 17.8. The Bertz CT molecular complexity index is 517. The van der Waals surface area contributed by atoms with Crippen molar-refractivity contribution in [2.45, 2.75) is 18.7 Å². The second-order valence-corrected chi connectivity index (χ2v) is 5.64. The van der Waals surface area contributed by atoms with Crippen molar-refractivity contribution in [3.63, 3.8) is 0 Å². The van der Waals surface area contributed by atoms with Gasteiger partial charge in [0.2, 0.25) is 0 Å². The van der Waals surface area contributed by atoms with Crippen LogP contribution < -0.4 is 5.32 Å². The molecule has 0 aliphatic rings. The standard InChI is InChI=1S/C13H15F4NO2S/c1-12(20,7-21-2)6-18-11(19)8-4-3-5-9(10(8)14)13(15,16)17/h3-5,20H,6-7H2,1-2H3,(H,18,19). The molecule has 118 valence electrons. The zero-order valence-corrected chi connectivity index (χ0v) is 12.2. The number of amides is 1. The van der Waals surface area contributed by atoms with Crippen molar-refractivity contribution in [2.75, 3.05) is 18.6 Å². The highest BCUT2D eigenvalue weighted by molar-refractivity contribution is 7.98. The number of halogens is 4. The van der Waals surface area contributed by atoms with E-state index in [1.807, 2.05) is 0 Å². The number of carbonyl (C=O) groups is 1. The maximum Gasteiger partial charge on any atom is 0.419 e. The number of aliphatic hydroxyl groups is 1. The van der Waals surface area contributed by atoms with Gasteiger partial charge in [-0.2, -0.15) is 24.9 Å². The van der Waals surface area contributed by atoms with E-state index in [1.54, 1.807) is 6.26 Å². The zero-order valence-electron chi connectivity index (χ0n) is 11.4. The molecule has 0 radical (unpaired) electrons. The maximum absolute atomic E-state index is 13.7. The minimum atomic E-state index is -4.87. The van der Waals surface area contributed by atoms with Crippen LogP contribution in [0.1, 0.15) is 22.8 Å². The third kappa shape index (κ3) is 4.89. The van der Waals surface area contributed by atoms with Crippen molar-refractivity contribution in [3.05, 3.63) is 35.1 Å². The van der Waals surface area contributed by atoms with E-state index in [4.69, 9.17) is 0 Å². The number of alkyl halides is 3. The Morgan fingerprint density at radius 1 is 1.38 bits per heavy atom. The monoisotopic (exact) mass is 325 g/mol. The Balaban J connectivity index is 2.90. The van der Waals surface area contributed by atoms with Gasteiger partial charge in [0, 0.05) is 12.3 Å². The summed E-state index contributed by atoms with van der Waals surface area (Å²) < 4.78 is 51.4. The lowest BCUT2D eigenvalue weighted by molar-refractivity contribution is -0.140.